The van der Waals surface area contributed by atoms with E-state index in [2.05, 4.69) is 14.7 Å². The van der Waals surface area contributed by atoms with Crippen molar-refractivity contribution in [3.05, 3.63) is 29.8 Å². The number of halogens is 1. The van der Waals surface area contributed by atoms with Gasteiger partial charge in [0.15, 0.2) is 0 Å². The van der Waals surface area contributed by atoms with E-state index < -0.39 is 11.8 Å². The van der Waals surface area contributed by atoms with E-state index in [0.29, 0.717) is 11.0 Å². The van der Waals surface area contributed by atoms with Crippen LogP contribution in [0.25, 0.3) is 11.0 Å². The fourth-order valence-electron chi connectivity index (χ4n) is 1.28. The Kier molecular flexibility index (Phi) is 1.92. The number of benzene rings is 1. The minimum Gasteiger partial charge on any atom is -0.465 e. The maximum Gasteiger partial charge on any atom is 0.340 e. The molecule has 0 amide bonds. The molecule has 0 saturated carbocycles. The topological polar surface area (TPSA) is 55.0 Å². The van der Waals surface area contributed by atoms with Gasteiger partial charge in [0.1, 0.15) is 11.3 Å². The molecule has 1 aromatic carbocycles. The average molecular weight is 194 g/mol. The molecule has 0 aliphatic rings. The molecule has 2 rings (SSSR count). The monoisotopic (exact) mass is 194 g/mol. The van der Waals surface area contributed by atoms with E-state index in [1.165, 1.54) is 19.5 Å². The van der Waals surface area contributed by atoms with E-state index in [9.17, 15) is 9.18 Å². The summed E-state index contributed by atoms with van der Waals surface area (Å²) >= 11 is 0. The van der Waals surface area contributed by atoms with Crippen LogP contribution in [0.4, 0.5) is 4.39 Å². The number of nitrogens with zero attached hydrogens (tertiary/aromatic N) is 1. The highest BCUT2D eigenvalue weighted by Crippen LogP contribution is 2.17. The lowest BCUT2D eigenvalue weighted by molar-refractivity contribution is 0.0602. The molecule has 14 heavy (non-hydrogen) atoms. The van der Waals surface area contributed by atoms with Crippen LogP contribution in [0.5, 0.6) is 0 Å². The number of fused-ring (bicyclic) bond motifs is 1. The Hall–Kier alpha value is -1.91. The zero-order valence-electron chi connectivity index (χ0n) is 7.37. The maximum absolute atomic E-state index is 13.0. The highest BCUT2D eigenvalue weighted by Gasteiger charge is 2.13. The van der Waals surface area contributed by atoms with Crippen LogP contribution < -0.4 is 0 Å². The minimum absolute atomic E-state index is 0.128. The summed E-state index contributed by atoms with van der Waals surface area (Å²) < 4.78 is 17.5. The van der Waals surface area contributed by atoms with Gasteiger partial charge < -0.3 is 9.72 Å². The zero-order chi connectivity index (χ0) is 10.1. The number of carbonyl (C=O) groups excluding carboxylic acids is 1. The molecule has 0 spiro atoms. The number of hydrogen-bond acceptors (Lipinski definition) is 3. The van der Waals surface area contributed by atoms with Gasteiger partial charge in [0, 0.05) is 0 Å². The first kappa shape index (κ1) is 8.68. The van der Waals surface area contributed by atoms with Gasteiger partial charge in [0.25, 0.3) is 0 Å². The van der Waals surface area contributed by atoms with E-state index in [4.69, 9.17) is 0 Å². The molecule has 0 fully saturated rings. The van der Waals surface area contributed by atoms with Crippen LogP contribution in [0.2, 0.25) is 0 Å². The lowest BCUT2D eigenvalue weighted by atomic mass is 10.2. The first-order chi connectivity index (χ1) is 6.72. The molecule has 0 unspecified atom stereocenters. The van der Waals surface area contributed by atoms with Crippen molar-refractivity contribution in [3.8, 4) is 0 Å². The molecule has 1 aromatic heterocycles. The Balaban J connectivity index is 2.72. The Labute approximate surface area is 78.7 Å². The van der Waals surface area contributed by atoms with Gasteiger partial charge in [-0.25, -0.2) is 14.2 Å². The first-order valence-corrected chi connectivity index (χ1v) is 3.93. The standard InChI is InChI=1S/C9H7FN2O2/c1-14-9(13)6-2-5(10)3-7-8(6)12-4-11-7/h2-4H,1H3,(H,11,12). The summed E-state index contributed by atoms with van der Waals surface area (Å²) in [4.78, 5) is 17.9. The summed E-state index contributed by atoms with van der Waals surface area (Å²) in [5, 5.41) is 0. The number of methoxy groups -OCH3 is 1. The van der Waals surface area contributed by atoms with Crippen molar-refractivity contribution in [2.75, 3.05) is 7.11 Å². The fourth-order valence-corrected chi connectivity index (χ4v) is 1.28. The maximum atomic E-state index is 13.0. The molecule has 2 aromatic rings. The van der Waals surface area contributed by atoms with Gasteiger partial charge in [-0.2, -0.15) is 0 Å². The molecule has 0 saturated heterocycles. The van der Waals surface area contributed by atoms with E-state index in [-0.39, 0.29) is 5.56 Å². The summed E-state index contributed by atoms with van der Waals surface area (Å²) in [6.07, 6.45) is 1.40. The smallest absolute Gasteiger partial charge is 0.340 e. The molecule has 0 aliphatic heterocycles. The molecule has 5 heteroatoms. The quantitative estimate of drug-likeness (QED) is 0.699. The Morgan fingerprint density at radius 1 is 1.57 bits per heavy atom. The van der Waals surface area contributed by atoms with Crippen molar-refractivity contribution in [3.63, 3.8) is 0 Å². The molecule has 0 bridgehead atoms. The fraction of sp³-hybridized carbons (Fsp3) is 0.111. The van der Waals surface area contributed by atoms with E-state index in [1.807, 2.05) is 0 Å². The molecule has 0 atom stereocenters. The first-order valence-electron chi connectivity index (χ1n) is 3.93. The lowest BCUT2D eigenvalue weighted by Crippen LogP contribution is -2.02. The van der Waals surface area contributed by atoms with Crippen LogP contribution in [0.15, 0.2) is 18.5 Å². The van der Waals surface area contributed by atoms with Crippen molar-refractivity contribution in [2.45, 2.75) is 0 Å². The number of aromatic amines is 1. The number of rotatable bonds is 1. The summed E-state index contributed by atoms with van der Waals surface area (Å²) in [6.45, 7) is 0. The van der Waals surface area contributed by atoms with Crippen molar-refractivity contribution >= 4 is 17.0 Å². The molecule has 72 valence electrons. The second kappa shape index (κ2) is 3.10. The van der Waals surface area contributed by atoms with Crippen molar-refractivity contribution in [1.29, 1.82) is 0 Å². The van der Waals surface area contributed by atoms with Crippen LogP contribution in [0.3, 0.4) is 0 Å². The largest absolute Gasteiger partial charge is 0.465 e. The van der Waals surface area contributed by atoms with Crippen molar-refractivity contribution in [1.82, 2.24) is 9.97 Å². The number of nitrogens with one attached hydrogen (secondary N) is 1. The highest BCUT2D eigenvalue weighted by molar-refractivity contribution is 6.01. The van der Waals surface area contributed by atoms with Gasteiger partial charge in [-0.15, -0.1) is 0 Å². The summed E-state index contributed by atoms with van der Waals surface area (Å²) in [6, 6.07) is 2.38. The minimum atomic E-state index is -0.596. The Bertz CT molecular complexity index is 493. The predicted octanol–water partition coefficient (Wildman–Crippen LogP) is 1.49. The third-order valence-corrected chi connectivity index (χ3v) is 1.89. The van der Waals surface area contributed by atoms with Gasteiger partial charge >= 0.3 is 5.97 Å². The molecular formula is C9H7FN2O2. The number of carbonyl (C=O) groups is 1. The van der Waals surface area contributed by atoms with Crippen LogP contribution in [-0.4, -0.2) is 23.0 Å². The molecular weight excluding hydrogens is 187 g/mol. The molecule has 4 nitrogen and oxygen atoms in total. The number of esters is 1. The summed E-state index contributed by atoms with van der Waals surface area (Å²) in [7, 11) is 1.24. The third-order valence-electron chi connectivity index (χ3n) is 1.89. The Morgan fingerprint density at radius 2 is 2.36 bits per heavy atom. The Morgan fingerprint density at radius 3 is 3.07 bits per heavy atom. The predicted molar refractivity (Wildman–Crippen MR) is 47.4 cm³/mol. The number of ether oxygens (including phenoxy) is 1. The number of aromatic nitrogens is 2. The van der Waals surface area contributed by atoms with Gasteiger partial charge in [-0.1, -0.05) is 0 Å². The SMILES string of the molecule is COC(=O)c1cc(F)cc2[nH]cnc12. The lowest BCUT2D eigenvalue weighted by Gasteiger charge is -1.99. The molecule has 0 aliphatic carbocycles. The zero-order valence-corrected chi connectivity index (χ0v) is 7.37. The van der Waals surface area contributed by atoms with Crippen molar-refractivity contribution < 1.29 is 13.9 Å². The van der Waals surface area contributed by atoms with Gasteiger partial charge in [-0.3, -0.25) is 0 Å². The summed E-state index contributed by atoms with van der Waals surface area (Å²) in [5.41, 5.74) is 1.02. The normalized spacial score (nSPS) is 10.4. The number of H-pyrrole nitrogens is 1. The number of hydrogen-bond donors (Lipinski definition) is 1. The van der Waals surface area contributed by atoms with Crippen LogP contribution in [0.1, 0.15) is 10.4 Å². The van der Waals surface area contributed by atoms with Crippen molar-refractivity contribution in [2.24, 2.45) is 0 Å². The van der Waals surface area contributed by atoms with E-state index >= 15 is 0 Å². The van der Waals surface area contributed by atoms with Gasteiger partial charge in [-0.05, 0) is 12.1 Å². The second-order valence-corrected chi connectivity index (χ2v) is 2.74. The number of imidazole rings is 1. The van der Waals surface area contributed by atoms with Crippen LogP contribution >= 0.6 is 0 Å². The molecule has 1 heterocycles. The van der Waals surface area contributed by atoms with Gasteiger partial charge in [0.2, 0.25) is 0 Å². The van der Waals surface area contributed by atoms with Crippen LogP contribution in [-0.2, 0) is 4.74 Å². The molecule has 0 radical (unpaired) electrons. The third kappa shape index (κ3) is 1.22. The summed E-state index contributed by atoms with van der Waals surface area (Å²) in [5.74, 6) is -1.09. The van der Waals surface area contributed by atoms with E-state index in [1.54, 1.807) is 0 Å². The molecule has 1 N–H and O–H groups in total. The highest BCUT2D eigenvalue weighted by atomic mass is 19.1. The average Bonchev–Trinajstić information content (AvgIpc) is 2.62. The van der Waals surface area contributed by atoms with Gasteiger partial charge in [0.05, 0.1) is 24.5 Å². The van der Waals surface area contributed by atoms with Crippen LogP contribution in [0, 0.1) is 5.82 Å². The van der Waals surface area contributed by atoms with E-state index in [0.717, 1.165) is 6.07 Å². The second-order valence-electron chi connectivity index (χ2n) is 2.74.